The number of carbonyl (C=O) groups is 3. The first-order chi connectivity index (χ1) is 14.3. The Labute approximate surface area is 190 Å². The molecule has 0 radical (unpaired) electrons. The molecule has 0 aliphatic heterocycles. The quantitative estimate of drug-likeness (QED) is 0.504. The van der Waals surface area contributed by atoms with Crippen LogP contribution in [-0.2, 0) is 20.8 Å². The second-order valence-electron chi connectivity index (χ2n) is 9.74. The summed E-state index contributed by atoms with van der Waals surface area (Å²) in [5.74, 6) is -1.15. The Morgan fingerprint density at radius 2 is 1.77 bits per heavy atom. The van der Waals surface area contributed by atoms with Crippen molar-refractivity contribution in [2.24, 2.45) is 17.1 Å². The monoisotopic (exact) mass is 447 g/mol. The van der Waals surface area contributed by atoms with Crippen LogP contribution < -0.4 is 16.4 Å². The Hall–Kier alpha value is -2.34. The summed E-state index contributed by atoms with van der Waals surface area (Å²) < 4.78 is 0. The molecule has 1 saturated carbocycles. The first-order valence-electron chi connectivity index (χ1n) is 10.6. The summed E-state index contributed by atoms with van der Waals surface area (Å²) in [4.78, 5) is 38.1. The summed E-state index contributed by atoms with van der Waals surface area (Å²) in [6.07, 6.45) is 3.98. The smallest absolute Gasteiger partial charge is 0.246 e. The van der Waals surface area contributed by atoms with Crippen molar-refractivity contribution in [2.45, 2.75) is 70.9 Å². The summed E-state index contributed by atoms with van der Waals surface area (Å²) in [6, 6.07) is 7.32. The third kappa shape index (κ3) is 5.88. The van der Waals surface area contributed by atoms with E-state index < -0.39 is 22.4 Å². The number of amides is 3. The van der Waals surface area contributed by atoms with Crippen LogP contribution >= 0.6 is 11.6 Å². The molecule has 1 atom stereocenters. The summed E-state index contributed by atoms with van der Waals surface area (Å²) in [5.41, 5.74) is 4.41. The predicted molar refractivity (Wildman–Crippen MR) is 123 cm³/mol. The van der Waals surface area contributed by atoms with Crippen LogP contribution in [0.3, 0.4) is 0 Å². The largest absolute Gasteiger partial charge is 0.369 e. The molecule has 170 valence electrons. The Morgan fingerprint density at radius 1 is 1.19 bits per heavy atom. The Kier molecular flexibility index (Phi) is 7.58. The zero-order valence-electron chi connectivity index (χ0n) is 18.9. The van der Waals surface area contributed by atoms with E-state index >= 15 is 0 Å². The van der Waals surface area contributed by atoms with E-state index in [9.17, 15) is 14.4 Å². The lowest BCUT2D eigenvalue weighted by Crippen LogP contribution is -2.69. The van der Waals surface area contributed by atoms with E-state index in [2.05, 4.69) is 17.2 Å². The maximum absolute atomic E-state index is 13.4. The normalized spacial score (nSPS) is 22.5. The van der Waals surface area contributed by atoms with Gasteiger partial charge in [0.1, 0.15) is 5.54 Å². The molecule has 3 amide bonds. The maximum atomic E-state index is 13.4. The van der Waals surface area contributed by atoms with Crippen LogP contribution in [0.15, 0.2) is 36.9 Å². The fourth-order valence-electron chi connectivity index (χ4n) is 4.48. The summed E-state index contributed by atoms with van der Waals surface area (Å²) in [6.45, 7) is 10.9. The number of benzene rings is 1. The molecule has 1 aliphatic rings. The number of nitrogens with one attached hydrogen (secondary N) is 2. The molecule has 0 saturated heterocycles. The molecular weight excluding hydrogens is 414 g/mol. The Morgan fingerprint density at radius 3 is 2.23 bits per heavy atom. The molecule has 7 heteroatoms. The van der Waals surface area contributed by atoms with E-state index in [1.807, 2.05) is 32.9 Å². The first-order valence-corrected chi connectivity index (χ1v) is 11.0. The van der Waals surface area contributed by atoms with E-state index in [1.165, 1.54) is 6.92 Å². The van der Waals surface area contributed by atoms with E-state index in [1.54, 1.807) is 18.2 Å². The molecular formula is C24H34ClN3O3. The van der Waals surface area contributed by atoms with Crippen molar-refractivity contribution in [1.82, 2.24) is 10.6 Å². The minimum absolute atomic E-state index is 0.224. The molecule has 1 fully saturated rings. The number of halogens is 1. The minimum atomic E-state index is -1.13. The van der Waals surface area contributed by atoms with Gasteiger partial charge in [-0.15, -0.1) is 6.58 Å². The molecule has 0 heterocycles. The van der Waals surface area contributed by atoms with Gasteiger partial charge in [0.05, 0.1) is 5.41 Å². The van der Waals surface area contributed by atoms with Gasteiger partial charge in [-0.05, 0) is 76.5 Å². The van der Waals surface area contributed by atoms with Crippen molar-refractivity contribution in [3.05, 3.63) is 47.5 Å². The van der Waals surface area contributed by atoms with E-state index in [4.69, 9.17) is 17.3 Å². The lowest BCUT2D eigenvalue weighted by molar-refractivity contribution is -0.149. The molecule has 0 aromatic heterocycles. The van der Waals surface area contributed by atoms with Gasteiger partial charge in [-0.25, -0.2) is 0 Å². The number of nitrogens with two attached hydrogens (primary N) is 1. The van der Waals surface area contributed by atoms with Gasteiger partial charge in [0.2, 0.25) is 17.7 Å². The molecule has 0 spiro atoms. The zero-order chi connectivity index (χ0) is 23.4. The van der Waals surface area contributed by atoms with Crippen LogP contribution in [0.25, 0.3) is 0 Å². The van der Waals surface area contributed by atoms with Crippen molar-refractivity contribution in [3.63, 3.8) is 0 Å². The lowest BCUT2D eigenvalue weighted by atomic mass is 9.52. The summed E-state index contributed by atoms with van der Waals surface area (Å²) in [7, 11) is 0. The number of rotatable bonds is 9. The van der Waals surface area contributed by atoms with E-state index in [-0.39, 0.29) is 17.7 Å². The molecule has 2 rings (SSSR count). The lowest BCUT2D eigenvalue weighted by Gasteiger charge is -2.54. The van der Waals surface area contributed by atoms with Gasteiger partial charge >= 0.3 is 0 Å². The highest BCUT2D eigenvalue weighted by molar-refractivity contribution is 6.30. The zero-order valence-corrected chi connectivity index (χ0v) is 19.6. The van der Waals surface area contributed by atoms with Gasteiger partial charge in [0, 0.05) is 17.5 Å². The van der Waals surface area contributed by atoms with Crippen LogP contribution in [0.1, 0.15) is 58.9 Å². The van der Waals surface area contributed by atoms with Crippen molar-refractivity contribution >= 4 is 29.3 Å². The number of primary amides is 1. The van der Waals surface area contributed by atoms with Crippen molar-refractivity contribution in [1.29, 1.82) is 0 Å². The second kappa shape index (κ2) is 9.43. The van der Waals surface area contributed by atoms with E-state index in [0.29, 0.717) is 37.1 Å². The maximum Gasteiger partial charge on any atom is 0.246 e. The SMILES string of the molecule is C=CCCC(NC(C)=O)(C(=O)NC(C)(C)C)C1CC(Cc2ccc(Cl)cc2)(C(N)=O)C1. The number of hydrogen-bond acceptors (Lipinski definition) is 3. The number of carbonyl (C=O) groups excluding carboxylic acids is 3. The van der Waals surface area contributed by atoms with Gasteiger partial charge in [-0.1, -0.05) is 29.8 Å². The van der Waals surface area contributed by atoms with Gasteiger partial charge in [0.25, 0.3) is 0 Å². The van der Waals surface area contributed by atoms with Crippen LogP contribution in [0.4, 0.5) is 0 Å². The predicted octanol–water partition coefficient (Wildman–Crippen LogP) is 3.52. The van der Waals surface area contributed by atoms with Crippen LogP contribution in [0.2, 0.25) is 5.02 Å². The highest BCUT2D eigenvalue weighted by atomic mass is 35.5. The average Bonchev–Trinajstić information content (AvgIpc) is 2.61. The molecule has 1 aromatic carbocycles. The van der Waals surface area contributed by atoms with E-state index in [0.717, 1.165) is 5.56 Å². The highest BCUT2D eigenvalue weighted by Gasteiger charge is 2.59. The number of allylic oxidation sites excluding steroid dienone is 1. The van der Waals surface area contributed by atoms with Gasteiger partial charge in [0.15, 0.2) is 0 Å². The topological polar surface area (TPSA) is 101 Å². The van der Waals surface area contributed by atoms with Gasteiger partial charge < -0.3 is 16.4 Å². The van der Waals surface area contributed by atoms with Crippen LogP contribution in [-0.4, -0.2) is 28.8 Å². The molecule has 31 heavy (non-hydrogen) atoms. The molecule has 4 N–H and O–H groups in total. The van der Waals surface area contributed by atoms with Crippen molar-refractivity contribution < 1.29 is 14.4 Å². The molecule has 0 bridgehead atoms. The van der Waals surface area contributed by atoms with Crippen molar-refractivity contribution in [2.75, 3.05) is 0 Å². The standard InChI is InChI=1S/C24H34ClN3O3/c1-6-7-12-24(27-16(2)29,21(31)28-22(3,4)5)18-14-23(15-18,20(26)30)13-17-8-10-19(25)11-9-17/h6,8-11,18H,1,7,12-15H2,2-5H3,(H2,26,30)(H,27,29)(H,28,31). The van der Waals surface area contributed by atoms with Gasteiger partial charge in [-0.2, -0.15) is 0 Å². The minimum Gasteiger partial charge on any atom is -0.369 e. The fraction of sp³-hybridized carbons (Fsp3) is 0.542. The van der Waals surface area contributed by atoms with Crippen LogP contribution in [0, 0.1) is 11.3 Å². The average molecular weight is 448 g/mol. The molecule has 1 unspecified atom stereocenters. The second-order valence-corrected chi connectivity index (χ2v) is 10.2. The Balaban J connectivity index is 2.36. The fourth-order valence-corrected chi connectivity index (χ4v) is 4.60. The third-order valence-corrected chi connectivity index (χ3v) is 6.24. The third-order valence-electron chi connectivity index (χ3n) is 5.99. The summed E-state index contributed by atoms with van der Waals surface area (Å²) >= 11 is 5.98. The van der Waals surface area contributed by atoms with Gasteiger partial charge in [-0.3, -0.25) is 14.4 Å². The van der Waals surface area contributed by atoms with Crippen molar-refractivity contribution in [3.8, 4) is 0 Å². The Bertz CT molecular complexity index is 839. The van der Waals surface area contributed by atoms with Crippen LogP contribution in [0.5, 0.6) is 0 Å². The summed E-state index contributed by atoms with van der Waals surface area (Å²) in [5, 5.41) is 6.57. The first kappa shape index (κ1) is 24.9. The molecule has 1 aliphatic carbocycles. The number of hydrogen-bond donors (Lipinski definition) is 3. The molecule has 1 aromatic rings. The highest BCUT2D eigenvalue weighted by Crippen LogP contribution is 2.53. The molecule has 6 nitrogen and oxygen atoms in total.